The molecule has 1 N–H and O–H groups in total. The molecule has 0 aliphatic carbocycles. The summed E-state index contributed by atoms with van der Waals surface area (Å²) in [6.45, 7) is 0.561. The lowest BCUT2D eigenvalue weighted by molar-refractivity contribution is 0.387. The number of H-pyrrole nitrogens is 1. The standard InChI is InChI=1S/C12H10FN3OS2/c1-17-10-5-9-8(4-7(10)13)15-12(18)16(9)6-11-14-2-3-19-11/h2-5H,6H2,1H3,(H,15,18). The fraction of sp³-hybridized carbons (Fsp3) is 0.167. The Labute approximate surface area is 117 Å². The van der Waals surface area contributed by atoms with Crippen molar-refractivity contribution in [2.45, 2.75) is 6.54 Å². The summed E-state index contributed by atoms with van der Waals surface area (Å²) >= 11 is 6.82. The molecule has 1 aromatic carbocycles. The summed E-state index contributed by atoms with van der Waals surface area (Å²) in [5.41, 5.74) is 1.46. The third kappa shape index (κ3) is 2.15. The van der Waals surface area contributed by atoms with Crippen molar-refractivity contribution in [1.29, 1.82) is 0 Å². The zero-order valence-corrected chi connectivity index (χ0v) is 11.6. The molecule has 0 saturated carbocycles. The molecular weight excluding hydrogens is 285 g/mol. The first-order valence-electron chi connectivity index (χ1n) is 5.53. The molecule has 7 heteroatoms. The Morgan fingerprint density at radius 3 is 3.05 bits per heavy atom. The first-order chi connectivity index (χ1) is 9.19. The molecule has 2 heterocycles. The number of ether oxygens (including phenoxy) is 1. The van der Waals surface area contributed by atoms with Gasteiger partial charge in [0.1, 0.15) is 5.01 Å². The maximum absolute atomic E-state index is 13.6. The van der Waals surface area contributed by atoms with E-state index in [9.17, 15) is 4.39 Å². The minimum atomic E-state index is -0.410. The van der Waals surface area contributed by atoms with Crippen LogP contribution in [0.5, 0.6) is 5.75 Å². The molecule has 3 rings (SSSR count). The maximum Gasteiger partial charge on any atom is 0.178 e. The van der Waals surface area contributed by atoms with Gasteiger partial charge in [-0.25, -0.2) is 9.37 Å². The number of aromatic nitrogens is 3. The number of rotatable bonds is 3. The third-order valence-corrected chi connectivity index (χ3v) is 3.91. The highest BCUT2D eigenvalue weighted by atomic mass is 32.1. The van der Waals surface area contributed by atoms with Gasteiger partial charge in [0.25, 0.3) is 0 Å². The molecule has 0 aliphatic heterocycles. The van der Waals surface area contributed by atoms with Gasteiger partial charge in [0.05, 0.1) is 24.7 Å². The SMILES string of the molecule is COc1cc2c(cc1F)[nH]c(=S)n2Cc1nccs1. The number of thiazole rings is 1. The van der Waals surface area contributed by atoms with Gasteiger partial charge in [-0.3, -0.25) is 0 Å². The van der Waals surface area contributed by atoms with Crippen LogP contribution in [0.2, 0.25) is 0 Å². The first kappa shape index (κ1) is 12.3. The van der Waals surface area contributed by atoms with E-state index in [-0.39, 0.29) is 5.75 Å². The zero-order chi connectivity index (χ0) is 13.4. The minimum absolute atomic E-state index is 0.203. The predicted molar refractivity (Wildman–Crippen MR) is 74.8 cm³/mol. The second-order valence-electron chi connectivity index (χ2n) is 3.95. The van der Waals surface area contributed by atoms with E-state index in [1.54, 1.807) is 23.6 Å². The molecule has 0 atom stereocenters. The summed E-state index contributed by atoms with van der Waals surface area (Å²) < 4.78 is 21.1. The molecule has 2 aromatic heterocycles. The van der Waals surface area contributed by atoms with E-state index in [0.717, 1.165) is 10.5 Å². The van der Waals surface area contributed by atoms with Crippen LogP contribution >= 0.6 is 23.6 Å². The van der Waals surface area contributed by atoms with Crippen molar-refractivity contribution >= 4 is 34.6 Å². The van der Waals surface area contributed by atoms with Gasteiger partial charge < -0.3 is 14.3 Å². The minimum Gasteiger partial charge on any atom is -0.494 e. The smallest absolute Gasteiger partial charge is 0.178 e. The summed E-state index contributed by atoms with van der Waals surface area (Å²) in [6, 6.07) is 3.03. The molecule has 0 bridgehead atoms. The van der Waals surface area contributed by atoms with E-state index in [4.69, 9.17) is 17.0 Å². The molecule has 19 heavy (non-hydrogen) atoms. The molecule has 0 unspecified atom stereocenters. The Kier molecular flexibility index (Phi) is 3.08. The van der Waals surface area contributed by atoms with Gasteiger partial charge in [0.15, 0.2) is 16.3 Å². The summed E-state index contributed by atoms with van der Waals surface area (Å²) in [6.07, 6.45) is 1.75. The molecule has 0 saturated heterocycles. The van der Waals surface area contributed by atoms with Crippen LogP contribution in [-0.4, -0.2) is 21.6 Å². The van der Waals surface area contributed by atoms with Crippen molar-refractivity contribution in [3.05, 3.63) is 39.3 Å². The number of nitrogens with zero attached hydrogens (tertiary/aromatic N) is 2. The lowest BCUT2D eigenvalue weighted by Gasteiger charge is -2.04. The third-order valence-electron chi connectivity index (χ3n) is 2.82. The van der Waals surface area contributed by atoms with E-state index in [0.29, 0.717) is 16.8 Å². The topological polar surface area (TPSA) is 42.8 Å². The fourth-order valence-corrected chi connectivity index (χ4v) is 2.81. The summed E-state index contributed by atoms with van der Waals surface area (Å²) in [7, 11) is 1.44. The highest BCUT2D eigenvalue weighted by Gasteiger charge is 2.11. The molecule has 0 fully saturated rings. The predicted octanol–water partition coefficient (Wildman–Crippen LogP) is 3.35. The molecule has 4 nitrogen and oxygen atoms in total. The number of benzene rings is 1. The number of nitrogens with one attached hydrogen (secondary N) is 1. The Balaban J connectivity index is 2.18. The Morgan fingerprint density at radius 2 is 2.37 bits per heavy atom. The number of hydrogen-bond donors (Lipinski definition) is 1. The molecule has 0 amide bonds. The van der Waals surface area contributed by atoms with Gasteiger partial charge in [-0.1, -0.05) is 0 Å². The van der Waals surface area contributed by atoms with Crippen molar-refractivity contribution in [2.24, 2.45) is 0 Å². The van der Waals surface area contributed by atoms with Crippen LogP contribution in [0.3, 0.4) is 0 Å². The number of hydrogen-bond acceptors (Lipinski definition) is 4. The normalized spacial score (nSPS) is 11.1. The second-order valence-corrected chi connectivity index (χ2v) is 5.31. The molecular formula is C12H10FN3OS2. The molecule has 3 aromatic rings. The van der Waals surface area contributed by atoms with Gasteiger partial charge in [0.2, 0.25) is 0 Å². The van der Waals surface area contributed by atoms with Crippen LogP contribution in [0.4, 0.5) is 4.39 Å². The van der Waals surface area contributed by atoms with E-state index < -0.39 is 5.82 Å². The van der Waals surface area contributed by atoms with Crippen molar-refractivity contribution in [3.63, 3.8) is 0 Å². The van der Waals surface area contributed by atoms with Crippen molar-refractivity contribution in [3.8, 4) is 5.75 Å². The average molecular weight is 295 g/mol. The number of halogens is 1. The maximum atomic E-state index is 13.6. The Bertz CT molecular complexity index is 776. The number of imidazole rings is 1. The van der Waals surface area contributed by atoms with Crippen LogP contribution in [0, 0.1) is 10.6 Å². The van der Waals surface area contributed by atoms with Crippen LogP contribution in [0.15, 0.2) is 23.7 Å². The highest BCUT2D eigenvalue weighted by molar-refractivity contribution is 7.71. The number of fused-ring (bicyclic) bond motifs is 1. The van der Waals surface area contributed by atoms with Gasteiger partial charge >= 0.3 is 0 Å². The fourth-order valence-electron chi connectivity index (χ4n) is 1.94. The average Bonchev–Trinajstić information content (AvgIpc) is 2.98. The molecule has 0 aliphatic rings. The van der Waals surface area contributed by atoms with Crippen LogP contribution in [0.1, 0.15) is 5.01 Å². The summed E-state index contributed by atoms with van der Waals surface area (Å²) in [5.74, 6) is -0.206. The van der Waals surface area contributed by atoms with Gasteiger partial charge in [-0.2, -0.15) is 0 Å². The van der Waals surface area contributed by atoms with Crippen LogP contribution in [-0.2, 0) is 6.54 Å². The summed E-state index contributed by atoms with van der Waals surface area (Å²) in [5, 5.41) is 2.86. The van der Waals surface area contributed by atoms with E-state index in [1.165, 1.54) is 13.2 Å². The number of aromatic amines is 1. The van der Waals surface area contributed by atoms with E-state index in [2.05, 4.69) is 9.97 Å². The van der Waals surface area contributed by atoms with Crippen molar-refractivity contribution in [2.75, 3.05) is 7.11 Å². The van der Waals surface area contributed by atoms with Gasteiger partial charge in [-0.15, -0.1) is 11.3 Å². The molecule has 0 spiro atoms. The van der Waals surface area contributed by atoms with Crippen LogP contribution < -0.4 is 4.74 Å². The highest BCUT2D eigenvalue weighted by Crippen LogP contribution is 2.25. The van der Waals surface area contributed by atoms with Crippen molar-refractivity contribution < 1.29 is 9.13 Å². The lowest BCUT2D eigenvalue weighted by Crippen LogP contribution is -1.99. The summed E-state index contributed by atoms with van der Waals surface area (Å²) in [4.78, 5) is 7.22. The zero-order valence-electron chi connectivity index (χ0n) is 10.0. The first-order valence-corrected chi connectivity index (χ1v) is 6.82. The monoisotopic (exact) mass is 295 g/mol. The van der Waals surface area contributed by atoms with Gasteiger partial charge in [-0.05, 0) is 12.2 Å². The van der Waals surface area contributed by atoms with Crippen LogP contribution in [0.25, 0.3) is 11.0 Å². The Morgan fingerprint density at radius 1 is 1.53 bits per heavy atom. The van der Waals surface area contributed by atoms with Gasteiger partial charge in [0, 0.05) is 23.7 Å². The Hall–Kier alpha value is -1.73. The van der Waals surface area contributed by atoms with E-state index in [1.807, 2.05) is 9.95 Å². The molecule has 0 radical (unpaired) electrons. The van der Waals surface area contributed by atoms with Crippen molar-refractivity contribution in [1.82, 2.24) is 14.5 Å². The molecule has 98 valence electrons. The largest absolute Gasteiger partial charge is 0.494 e. The quantitative estimate of drug-likeness (QED) is 0.754. The lowest BCUT2D eigenvalue weighted by atomic mass is 10.3. The number of methoxy groups -OCH3 is 1. The van der Waals surface area contributed by atoms with E-state index >= 15 is 0 Å². The second kappa shape index (κ2) is 4.75.